The molecular formula is C26H48O. The monoisotopic (exact) mass is 376 g/mol. The summed E-state index contributed by atoms with van der Waals surface area (Å²) >= 11 is 0. The Bertz CT molecular complexity index is 487. The lowest BCUT2D eigenvalue weighted by Gasteiger charge is -2.64. The highest BCUT2D eigenvalue weighted by molar-refractivity contribution is 5.11. The number of fused-ring (bicyclic) bond motifs is 5. The lowest BCUT2D eigenvalue weighted by molar-refractivity contribution is -0.152. The fourth-order valence-corrected chi connectivity index (χ4v) is 8.69. The Kier molecular flexibility index (Phi) is 6.72. The van der Waals surface area contributed by atoms with Crippen LogP contribution in [0.5, 0.6) is 0 Å². The van der Waals surface area contributed by atoms with Gasteiger partial charge in [-0.1, -0.05) is 53.9 Å². The highest BCUT2D eigenvalue weighted by atomic mass is 16.2. The molecule has 0 bridgehead atoms. The fraction of sp³-hybridized carbons (Fsp3) is 1.00. The molecule has 0 aliphatic heterocycles. The van der Waals surface area contributed by atoms with Crippen molar-refractivity contribution in [1.29, 1.82) is 0 Å². The van der Waals surface area contributed by atoms with E-state index in [1.54, 1.807) is 0 Å². The smallest absolute Gasteiger partial charge is 0.0431 e. The van der Waals surface area contributed by atoms with Gasteiger partial charge in [-0.3, -0.25) is 0 Å². The van der Waals surface area contributed by atoms with Crippen LogP contribution < -0.4 is 0 Å². The molecule has 4 rings (SSSR count). The van der Waals surface area contributed by atoms with Gasteiger partial charge in [0.15, 0.2) is 0 Å². The second-order valence-electron chi connectivity index (χ2n) is 11.1. The molecule has 27 heavy (non-hydrogen) atoms. The molecule has 4 saturated carbocycles. The van der Waals surface area contributed by atoms with Gasteiger partial charge in [0.25, 0.3) is 0 Å². The highest BCUT2D eigenvalue weighted by Crippen LogP contribution is 2.70. The molecule has 0 aromatic rings. The molecule has 4 fully saturated rings. The van der Waals surface area contributed by atoms with Gasteiger partial charge in [0.2, 0.25) is 0 Å². The molecule has 4 aliphatic rings. The maximum Gasteiger partial charge on any atom is 0.0431 e. The van der Waals surface area contributed by atoms with Crippen molar-refractivity contribution >= 4 is 0 Å². The number of hydrogen-bond donors (Lipinski definition) is 1. The summed E-state index contributed by atoms with van der Waals surface area (Å²) in [4.78, 5) is 0. The van der Waals surface area contributed by atoms with E-state index in [9.17, 15) is 0 Å². The predicted molar refractivity (Wildman–Crippen MR) is 117 cm³/mol. The number of hydrogen-bond acceptors (Lipinski definition) is 1. The minimum atomic E-state index is 0.383. The van der Waals surface area contributed by atoms with E-state index in [2.05, 4.69) is 20.8 Å². The Labute approximate surface area is 170 Å². The second kappa shape index (κ2) is 8.37. The third-order valence-electron chi connectivity index (χ3n) is 10.5. The molecule has 1 N–H and O–H groups in total. The maximum atomic E-state index is 9.15. The zero-order chi connectivity index (χ0) is 19.7. The fourth-order valence-electron chi connectivity index (χ4n) is 8.69. The van der Waals surface area contributed by atoms with E-state index in [0.717, 1.165) is 30.1 Å². The number of unbranched alkanes of at least 4 members (excludes halogenated alkanes) is 1. The predicted octanol–water partition coefficient (Wildman–Crippen LogP) is 7.61. The Balaban J connectivity index is 0.00000102. The first kappa shape index (κ1) is 21.7. The molecule has 0 aromatic heterocycles. The first-order valence-electron chi connectivity index (χ1n) is 12.6. The third kappa shape index (κ3) is 3.43. The zero-order valence-electron chi connectivity index (χ0n) is 19.2. The van der Waals surface area contributed by atoms with Gasteiger partial charge in [0.05, 0.1) is 0 Å². The Morgan fingerprint density at radius 2 is 1.52 bits per heavy atom. The summed E-state index contributed by atoms with van der Waals surface area (Å²) in [6, 6.07) is 0. The molecule has 4 aliphatic carbocycles. The van der Waals surface area contributed by atoms with Crippen molar-refractivity contribution in [2.75, 3.05) is 6.61 Å². The van der Waals surface area contributed by atoms with Gasteiger partial charge < -0.3 is 5.11 Å². The third-order valence-corrected chi connectivity index (χ3v) is 10.5. The molecule has 0 amide bonds. The molecular weight excluding hydrogens is 328 g/mol. The summed E-state index contributed by atoms with van der Waals surface area (Å²) in [7, 11) is 0. The van der Waals surface area contributed by atoms with Crippen LogP contribution in [0.2, 0.25) is 0 Å². The van der Waals surface area contributed by atoms with E-state index < -0.39 is 0 Å². The van der Waals surface area contributed by atoms with Crippen molar-refractivity contribution in [3.63, 3.8) is 0 Å². The van der Waals surface area contributed by atoms with Crippen molar-refractivity contribution in [1.82, 2.24) is 0 Å². The Morgan fingerprint density at radius 3 is 2.26 bits per heavy atom. The normalized spacial score (nSPS) is 48.7. The average molecular weight is 377 g/mol. The molecule has 0 aromatic carbocycles. The summed E-state index contributed by atoms with van der Waals surface area (Å²) in [6.45, 7) is 12.4. The van der Waals surface area contributed by atoms with E-state index >= 15 is 0 Å². The Hall–Kier alpha value is -0.0400. The van der Waals surface area contributed by atoms with Crippen LogP contribution in [-0.4, -0.2) is 11.7 Å². The van der Waals surface area contributed by atoms with E-state index in [4.69, 9.17) is 5.11 Å². The topological polar surface area (TPSA) is 20.2 Å². The van der Waals surface area contributed by atoms with Crippen LogP contribution in [0, 0.1) is 39.9 Å². The molecule has 0 saturated heterocycles. The van der Waals surface area contributed by atoms with E-state index in [-0.39, 0.29) is 0 Å². The second-order valence-corrected chi connectivity index (χ2v) is 11.1. The summed E-state index contributed by atoms with van der Waals surface area (Å²) in [5.74, 6) is 3.99. The molecule has 0 spiro atoms. The number of aliphatic hydroxyl groups is 1. The average Bonchev–Trinajstić information content (AvgIpc) is 3.01. The molecule has 0 heterocycles. The summed E-state index contributed by atoms with van der Waals surface area (Å²) in [6.07, 6.45) is 18.6. The molecule has 1 nitrogen and oxygen atoms in total. The van der Waals surface area contributed by atoms with Crippen molar-refractivity contribution < 1.29 is 5.11 Å². The van der Waals surface area contributed by atoms with E-state index in [0.29, 0.717) is 22.9 Å². The van der Waals surface area contributed by atoms with E-state index in [1.807, 2.05) is 13.8 Å². The van der Waals surface area contributed by atoms with Gasteiger partial charge in [-0.25, -0.2) is 0 Å². The molecule has 7 unspecified atom stereocenters. The van der Waals surface area contributed by atoms with Crippen LogP contribution in [0.1, 0.15) is 118 Å². The van der Waals surface area contributed by atoms with Crippen molar-refractivity contribution in [2.24, 2.45) is 39.9 Å². The molecule has 0 radical (unpaired) electrons. The Morgan fingerprint density at radius 1 is 0.778 bits per heavy atom. The van der Waals surface area contributed by atoms with E-state index in [1.165, 1.54) is 77.0 Å². The SMILES string of the molecule is CC.CC12CCC3C(CCC4(C)CCCCC34C)C1CCC2CCCCO. The molecule has 7 atom stereocenters. The van der Waals surface area contributed by atoms with Gasteiger partial charge in [-0.15, -0.1) is 0 Å². The van der Waals surface area contributed by atoms with Crippen LogP contribution in [0.25, 0.3) is 0 Å². The summed E-state index contributed by atoms with van der Waals surface area (Å²) < 4.78 is 0. The summed E-state index contributed by atoms with van der Waals surface area (Å²) in [5, 5.41) is 9.15. The van der Waals surface area contributed by atoms with Crippen LogP contribution in [0.15, 0.2) is 0 Å². The lowest BCUT2D eigenvalue weighted by Crippen LogP contribution is -2.56. The molecule has 1 heteroatoms. The first-order chi connectivity index (χ1) is 12.9. The van der Waals surface area contributed by atoms with Crippen LogP contribution >= 0.6 is 0 Å². The number of aliphatic hydroxyl groups excluding tert-OH is 1. The minimum Gasteiger partial charge on any atom is -0.396 e. The summed E-state index contributed by atoms with van der Waals surface area (Å²) in [5.41, 5.74) is 1.89. The molecule has 158 valence electrons. The van der Waals surface area contributed by atoms with Crippen LogP contribution in [0.3, 0.4) is 0 Å². The van der Waals surface area contributed by atoms with Gasteiger partial charge in [0.1, 0.15) is 0 Å². The van der Waals surface area contributed by atoms with Gasteiger partial charge >= 0.3 is 0 Å². The maximum absolute atomic E-state index is 9.15. The largest absolute Gasteiger partial charge is 0.396 e. The van der Waals surface area contributed by atoms with Gasteiger partial charge in [-0.05, 0) is 104 Å². The van der Waals surface area contributed by atoms with Gasteiger partial charge in [-0.2, -0.15) is 0 Å². The van der Waals surface area contributed by atoms with Crippen molar-refractivity contribution in [2.45, 2.75) is 118 Å². The van der Waals surface area contributed by atoms with Crippen molar-refractivity contribution in [3.05, 3.63) is 0 Å². The lowest BCUT2D eigenvalue weighted by atomic mass is 9.40. The van der Waals surface area contributed by atoms with Gasteiger partial charge in [0, 0.05) is 6.61 Å². The van der Waals surface area contributed by atoms with Crippen molar-refractivity contribution in [3.8, 4) is 0 Å². The quantitative estimate of drug-likeness (QED) is 0.500. The van der Waals surface area contributed by atoms with Crippen LogP contribution in [-0.2, 0) is 0 Å². The first-order valence-corrected chi connectivity index (χ1v) is 12.6. The zero-order valence-corrected chi connectivity index (χ0v) is 19.2. The van der Waals surface area contributed by atoms with Crippen LogP contribution in [0.4, 0.5) is 0 Å². The number of rotatable bonds is 4. The highest BCUT2D eigenvalue weighted by Gasteiger charge is 2.62. The standard InChI is InChI=1S/C24H42O.C2H6/c1-22-13-5-6-14-24(22,3)21-12-16-23(2)18(8-4-7-17-25)9-10-20(23)19(21)11-15-22;1-2/h18-21,25H,4-17H2,1-3H3;1-2H3. The minimum absolute atomic E-state index is 0.383.